The van der Waals surface area contributed by atoms with Crippen molar-refractivity contribution in [3.8, 4) is 56.4 Å². The Bertz CT molecular complexity index is 2500. The number of fused-ring (bicyclic) bond motifs is 4. The van der Waals surface area contributed by atoms with E-state index in [-0.39, 0.29) is 0 Å². The van der Waals surface area contributed by atoms with Gasteiger partial charge in [0.15, 0.2) is 17.5 Å². The van der Waals surface area contributed by atoms with Gasteiger partial charge in [-0.15, -0.1) is 0 Å². The van der Waals surface area contributed by atoms with E-state index < -0.39 is 0 Å². The standard InChI is InChI=1S/C42H26N4O/c1-3-11-27(12-4-1)40-44-41(28-13-5-2-6-14-28)46-42(45-40)34-22-32(31-17-10-20-43-26-31)21-33(23-34)35-18-9-19-36-37-24-29-15-7-8-16-30(29)25-38(37)47-39(35)36/h1-26H. The lowest BCUT2D eigenvalue weighted by molar-refractivity contribution is 0.670. The fourth-order valence-electron chi connectivity index (χ4n) is 6.26. The van der Waals surface area contributed by atoms with E-state index in [4.69, 9.17) is 19.4 Å². The first-order valence-electron chi connectivity index (χ1n) is 15.5. The Hall–Kier alpha value is -6.46. The summed E-state index contributed by atoms with van der Waals surface area (Å²) in [4.78, 5) is 19.4. The third-order valence-corrected chi connectivity index (χ3v) is 8.56. The average Bonchev–Trinajstić information content (AvgIpc) is 3.52. The quantitative estimate of drug-likeness (QED) is 0.196. The van der Waals surface area contributed by atoms with Gasteiger partial charge in [0.25, 0.3) is 0 Å². The minimum Gasteiger partial charge on any atom is -0.455 e. The number of hydrogen-bond donors (Lipinski definition) is 0. The van der Waals surface area contributed by atoms with E-state index in [9.17, 15) is 0 Å². The fraction of sp³-hybridized carbons (Fsp3) is 0. The van der Waals surface area contributed by atoms with E-state index in [1.54, 1.807) is 6.20 Å². The number of hydrogen-bond acceptors (Lipinski definition) is 5. The van der Waals surface area contributed by atoms with E-state index in [2.05, 4.69) is 83.8 Å². The maximum atomic E-state index is 6.64. The van der Waals surface area contributed by atoms with Crippen LogP contribution in [0.1, 0.15) is 0 Å². The van der Waals surface area contributed by atoms with Crippen LogP contribution in [0.3, 0.4) is 0 Å². The van der Waals surface area contributed by atoms with Crippen molar-refractivity contribution in [2.75, 3.05) is 0 Å². The summed E-state index contributed by atoms with van der Waals surface area (Å²) in [6.07, 6.45) is 3.67. The number of benzene rings is 6. The van der Waals surface area contributed by atoms with Gasteiger partial charge >= 0.3 is 0 Å². The van der Waals surface area contributed by atoms with Crippen molar-refractivity contribution < 1.29 is 4.42 Å². The van der Waals surface area contributed by atoms with Crippen LogP contribution in [0.15, 0.2) is 162 Å². The number of aromatic nitrogens is 4. The van der Waals surface area contributed by atoms with E-state index in [0.29, 0.717) is 17.5 Å². The van der Waals surface area contributed by atoms with Crippen molar-refractivity contribution in [3.63, 3.8) is 0 Å². The lowest BCUT2D eigenvalue weighted by Gasteiger charge is -2.12. The molecule has 0 N–H and O–H groups in total. The lowest BCUT2D eigenvalue weighted by Crippen LogP contribution is -2.00. The van der Waals surface area contributed by atoms with Gasteiger partial charge in [-0.2, -0.15) is 0 Å². The molecule has 0 aliphatic carbocycles. The third-order valence-electron chi connectivity index (χ3n) is 8.56. The van der Waals surface area contributed by atoms with Crippen molar-refractivity contribution in [3.05, 3.63) is 158 Å². The molecular weight excluding hydrogens is 576 g/mol. The number of furan rings is 1. The highest BCUT2D eigenvalue weighted by molar-refractivity contribution is 6.13. The van der Waals surface area contributed by atoms with Gasteiger partial charge in [0.05, 0.1) is 0 Å². The molecule has 9 rings (SSSR count). The third kappa shape index (κ3) is 4.91. The molecule has 0 saturated carbocycles. The van der Waals surface area contributed by atoms with Crippen LogP contribution in [-0.2, 0) is 0 Å². The normalized spacial score (nSPS) is 11.4. The van der Waals surface area contributed by atoms with Crippen molar-refractivity contribution in [2.45, 2.75) is 0 Å². The van der Waals surface area contributed by atoms with Gasteiger partial charge in [-0.25, -0.2) is 15.0 Å². The van der Waals surface area contributed by atoms with Crippen LogP contribution in [0.5, 0.6) is 0 Å². The Kier molecular flexibility index (Phi) is 6.39. The van der Waals surface area contributed by atoms with Crippen LogP contribution >= 0.6 is 0 Å². The number of pyridine rings is 1. The minimum absolute atomic E-state index is 0.590. The summed E-state index contributed by atoms with van der Waals surface area (Å²) >= 11 is 0. The second-order valence-electron chi connectivity index (χ2n) is 11.6. The molecule has 0 aliphatic rings. The van der Waals surface area contributed by atoms with Gasteiger partial charge in [0.1, 0.15) is 11.2 Å². The molecule has 9 aromatic rings. The Balaban J connectivity index is 1.29. The van der Waals surface area contributed by atoms with Gasteiger partial charge < -0.3 is 4.42 Å². The summed E-state index contributed by atoms with van der Waals surface area (Å²) in [6.45, 7) is 0. The highest BCUT2D eigenvalue weighted by Gasteiger charge is 2.18. The maximum absolute atomic E-state index is 6.64. The summed E-state index contributed by atoms with van der Waals surface area (Å²) in [5, 5.41) is 4.52. The molecule has 47 heavy (non-hydrogen) atoms. The molecular formula is C42H26N4O. The molecule has 0 spiro atoms. The predicted octanol–water partition coefficient (Wildman–Crippen LogP) is 10.7. The number of nitrogens with zero attached hydrogens (tertiary/aromatic N) is 4. The topological polar surface area (TPSA) is 64.7 Å². The van der Waals surface area contributed by atoms with E-state index in [0.717, 1.165) is 66.3 Å². The monoisotopic (exact) mass is 602 g/mol. The first-order chi connectivity index (χ1) is 23.3. The van der Waals surface area contributed by atoms with Crippen molar-refractivity contribution in [1.29, 1.82) is 0 Å². The molecule has 0 saturated heterocycles. The highest BCUT2D eigenvalue weighted by Crippen LogP contribution is 2.40. The van der Waals surface area contributed by atoms with E-state index in [1.165, 1.54) is 5.39 Å². The second-order valence-corrected chi connectivity index (χ2v) is 11.6. The first-order valence-corrected chi connectivity index (χ1v) is 15.5. The summed E-state index contributed by atoms with van der Waals surface area (Å²) in [5.74, 6) is 1.83. The molecule has 5 heteroatoms. The van der Waals surface area contributed by atoms with Crippen molar-refractivity contribution >= 4 is 32.7 Å². The minimum atomic E-state index is 0.590. The summed E-state index contributed by atoms with van der Waals surface area (Å²) in [7, 11) is 0. The van der Waals surface area contributed by atoms with Crippen LogP contribution in [0.2, 0.25) is 0 Å². The molecule has 5 nitrogen and oxygen atoms in total. The zero-order valence-corrected chi connectivity index (χ0v) is 25.2. The highest BCUT2D eigenvalue weighted by atomic mass is 16.3. The predicted molar refractivity (Wildman–Crippen MR) is 190 cm³/mol. The van der Waals surface area contributed by atoms with Crippen molar-refractivity contribution in [2.24, 2.45) is 0 Å². The summed E-state index contributed by atoms with van der Waals surface area (Å²) in [6, 6.07) is 49.7. The zero-order valence-electron chi connectivity index (χ0n) is 25.2. The SMILES string of the molecule is c1ccc(-c2nc(-c3ccccc3)nc(-c3cc(-c4cccnc4)cc(-c4cccc5c4oc4cc6ccccc6cc45)c3)n2)cc1. The molecule has 6 aromatic carbocycles. The molecule has 3 heterocycles. The summed E-state index contributed by atoms with van der Waals surface area (Å²) in [5.41, 5.74) is 8.44. The maximum Gasteiger partial charge on any atom is 0.164 e. The van der Waals surface area contributed by atoms with Crippen molar-refractivity contribution in [1.82, 2.24) is 19.9 Å². The molecule has 3 aromatic heterocycles. The second kappa shape index (κ2) is 11.2. The Morgan fingerprint density at radius 3 is 1.68 bits per heavy atom. The van der Waals surface area contributed by atoms with Crippen LogP contribution in [0, 0.1) is 0 Å². The van der Waals surface area contributed by atoms with Gasteiger partial charge in [-0.05, 0) is 58.3 Å². The average molecular weight is 603 g/mol. The molecule has 0 bridgehead atoms. The van der Waals surface area contributed by atoms with Gasteiger partial charge in [-0.3, -0.25) is 4.98 Å². The van der Waals surface area contributed by atoms with Gasteiger partial charge in [0.2, 0.25) is 0 Å². The zero-order chi connectivity index (χ0) is 31.2. The van der Waals surface area contributed by atoms with E-state index in [1.807, 2.05) is 72.9 Å². The molecule has 0 atom stereocenters. The number of rotatable bonds is 5. The Morgan fingerprint density at radius 2 is 1.00 bits per heavy atom. The number of para-hydroxylation sites is 1. The van der Waals surface area contributed by atoms with Gasteiger partial charge in [-0.1, -0.05) is 109 Å². The molecule has 0 unspecified atom stereocenters. The fourth-order valence-corrected chi connectivity index (χ4v) is 6.26. The molecule has 0 fully saturated rings. The smallest absolute Gasteiger partial charge is 0.164 e. The molecule has 0 radical (unpaired) electrons. The molecule has 0 amide bonds. The van der Waals surface area contributed by atoms with Crippen LogP contribution in [-0.4, -0.2) is 19.9 Å². The van der Waals surface area contributed by atoms with Crippen LogP contribution in [0.4, 0.5) is 0 Å². The summed E-state index contributed by atoms with van der Waals surface area (Å²) < 4.78 is 6.64. The molecule has 220 valence electrons. The van der Waals surface area contributed by atoms with Crippen LogP contribution in [0.25, 0.3) is 89.1 Å². The largest absolute Gasteiger partial charge is 0.455 e. The Morgan fingerprint density at radius 1 is 0.404 bits per heavy atom. The van der Waals surface area contributed by atoms with Gasteiger partial charge in [0, 0.05) is 51.0 Å². The first kappa shape index (κ1) is 26.9. The van der Waals surface area contributed by atoms with E-state index >= 15 is 0 Å². The Labute approximate surface area is 270 Å². The molecule has 0 aliphatic heterocycles. The lowest BCUT2D eigenvalue weighted by atomic mass is 9.95. The van der Waals surface area contributed by atoms with Crippen LogP contribution < -0.4 is 0 Å².